The predicted octanol–water partition coefficient (Wildman–Crippen LogP) is 2.00. The third-order valence-electron chi connectivity index (χ3n) is 5.96. The summed E-state index contributed by atoms with van der Waals surface area (Å²) in [6.07, 6.45) is 1.38. The lowest BCUT2D eigenvalue weighted by molar-refractivity contribution is -0.157. The highest BCUT2D eigenvalue weighted by molar-refractivity contribution is 5.86. The maximum Gasteiger partial charge on any atom is 0.256 e. The zero-order valence-electron chi connectivity index (χ0n) is 18.2. The van der Waals surface area contributed by atoms with Crippen molar-refractivity contribution in [3.05, 3.63) is 35.4 Å². The van der Waals surface area contributed by atoms with E-state index in [1.54, 1.807) is 0 Å². The second kappa shape index (κ2) is 12.8. The van der Waals surface area contributed by atoms with Gasteiger partial charge in [0.2, 0.25) is 0 Å². The van der Waals surface area contributed by atoms with E-state index in [1.165, 1.54) is 5.56 Å². The van der Waals surface area contributed by atoms with Crippen molar-refractivity contribution in [3.63, 3.8) is 0 Å². The zero-order valence-corrected chi connectivity index (χ0v) is 19.9. The lowest BCUT2D eigenvalue weighted by Crippen LogP contribution is -2.58. The van der Waals surface area contributed by atoms with Gasteiger partial charge in [0.15, 0.2) is 5.60 Å². The molecule has 2 aliphatic rings. The van der Waals surface area contributed by atoms with Crippen LogP contribution in [0.4, 0.5) is 0 Å². The second-order valence-corrected chi connectivity index (χ2v) is 8.53. The number of halogens is 2. The van der Waals surface area contributed by atoms with Crippen LogP contribution in [0.2, 0.25) is 0 Å². The Morgan fingerprint density at radius 3 is 2.43 bits per heavy atom. The molecule has 2 aliphatic heterocycles. The first-order valence-electron chi connectivity index (χ1n) is 10.7. The van der Waals surface area contributed by atoms with Crippen molar-refractivity contribution in [1.29, 1.82) is 0 Å². The van der Waals surface area contributed by atoms with E-state index in [2.05, 4.69) is 53.6 Å². The number of hydrogen-bond acceptors (Lipinski definition) is 5. The molecule has 1 aromatic carbocycles. The molecule has 1 unspecified atom stereocenters. The van der Waals surface area contributed by atoms with Crippen molar-refractivity contribution < 1.29 is 9.90 Å². The van der Waals surface area contributed by atoms with Crippen LogP contribution in [0, 0.1) is 0 Å². The number of rotatable bonds is 8. The monoisotopic (exact) mass is 460 g/mol. The Labute approximate surface area is 193 Å². The quantitative estimate of drug-likeness (QED) is 0.517. The summed E-state index contributed by atoms with van der Waals surface area (Å²) in [6.45, 7) is 11.9. The maximum absolute atomic E-state index is 12.9. The van der Waals surface area contributed by atoms with Crippen molar-refractivity contribution in [2.24, 2.45) is 0 Å². The molecule has 2 fully saturated rings. The van der Waals surface area contributed by atoms with Crippen LogP contribution in [0.1, 0.15) is 43.7 Å². The molecule has 2 heterocycles. The number of carbonyl (C=O) groups is 1. The minimum absolute atomic E-state index is 0. The van der Waals surface area contributed by atoms with E-state index < -0.39 is 5.60 Å². The molecular weight excluding hydrogens is 423 g/mol. The number of benzene rings is 1. The molecule has 0 spiro atoms. The molecule has 1 aromatic rings. The molecule has 3 N–H and O–H groups in total. The summed E-state index contributed by atoms with van der Waals surface area (Å²) in [6, 6.07) is 8.47. The summed E-state index contributed by atoms with van der Waals surface area (Å²) >= 11 is 0. The van der Waals surface area contributed by atoms with Gasteiger partial charge in [-0.2, -0.15) is 0 Å². The van der Waals surface area contributed by atoms with E-state index in [0.717, 1.165) is 51.3 Å². The molecule has 8 heteroatoms. The minimum atomic E-state index is -1.28. The van der Waals surface area contributed by atoms with Gasteiger partial charge in [-0.1, -0.05) is 38.1 Å². The van der Waals surface area contributed by atoms with Gasteiger partial charge in [0.25, 0.3) is 5.91 Å². The summed E-state index contributed by atoms with van der Waals surface area (Å²) in [7, 11) is 0. The highest BCUT2D eigenvalue weighted by atomic mass is 35.5. The highest BCUT2D eigenvalue weighted by Gasteiger charge is 2.41. The molecule has 172 valence electrons. The van der Waals surface area contributed by atoms with Crippen molar-refractivity contribution >= 4 is 30.7 Å². The van der Waals surface area contributed by atoms with Crippen molar-refractivity contribution in [1.82, 2.24) is 20.4 Å². The molecule has 3 rings (SSSR count). The maximum atomic E-state index is 12.9. The summed E-state index contributed by atoms with van der Waals surface area (Å²) in [4.78, 5) is 17.2. The Bertz CT molecular complexity index is 639. The SMILES string of the molecule is CC(C)c1ccc(CN2CCCC(O)(CNCCN3CCNCC3)C2=O)cc1.Cl.Cl. The van der Waals surface area contributed by atoms with Gasteiger partial charge < -0.3 is 20.6 Å². The molecule has 0 radical (unpaired) electrons. The molecule has 0 bridgehead atoms. The molecule has 6 nitrogen and oxygen atoms in total. The Kier molecular flexibility index (Phi) is 11.6. The van der Waals surface area contributed by atoms with E-state index in [4.69, 9.17) is 0 Å². The molecule has 0 aliphatic carbocycles. The lowest BCUT2D eigenvalue weighted by atomic mass is 9.91. The van der Waals surface area contributed by atoms with Crippen LogP contribution in [0.3, 0.4) is 0 Å². The van der Waals surface area contributed by atoms with Crippen LogP contribution in [0.15, 0.2) is 24.3 Å². The number of piperazine rings is 1. The molecule has 0 aromatic heterocycles. The highest BCUT2D eigenvalue weighted by Crippen LogP contribution is 2.24. The average Bonchev–Trinajstić information content (AvgIpc) is 2.70. The molecule has 2 saturated heterocycles. The number of amides is 1. The van der Waals surface area contributed by atoms with Crippen LogP contribution < -0.4 is 10.6 Å². The Morgan fingerprint density at radius 2 is 1.80 bits per heavy atom. The summed E-state index contributed by atoms with van der Waals surface area (Å²) in [5.74, 6) is 0.365. The number of nitrogens with one attached hydrogen (secondary N) is 2. The Balaban J connectivity index is 0.00000225. The fourth-order valence-corrected chi connectivity index (χ4v) is 4.08. The first-order chi connectivity index (χ1) is 13.5. The van der Waals surface area contributed by atoms with Gasteiger partial charge in [-0.25, -0.2) is 0 Å². The number of aliphatic hydroxyl groups is 1. The van der Waals surface area contributed by atoms with Gasteiger partial charge >= 0.3 is 0 Å². The third-order valence-corrected chi connectivity index (χ3v) is 5.96. The second-order valence-electron chi connectivity index (χ2n) is 8.53. The minimum Gasteiger partial charge on any atom is -0.379 e. The number of nitrogens with zero attached hydrogens (tertiary/aromatic N) is 2. The lowest BCUT2D eigenvalue weighted by Gasteiger charge is -2.38. The molecule has 1 amide bonds. The first-order valence-corrected chi connectivity index (χ1v) is 10.7. The normalized spacial score (nSPS) is 22.5. The van der Waals surface area contributed by atoms with E-state index >= 15 is 0 Å². The van der Waals surface area contributed by atoms with E-state index in [-0.39, 0.29) is 30.7 Å². The van der Waals surface area contributed by atoms with Gasteiger partial charge in [0.05, 0.1) is 0 Å². The topological polar surface area (TPSA) is 67.8 Å². The standard InChI is InChI=1S/C22H36N4O2.2ClH/c1-18(2)20-6-4-19(5-7-20)16-26-12-3-8-22(28,21(26)27)17-24-11-15-25-13-9-23-10-14-25;;/h4-7,18,23-24,28H,3,8-17H2,1-2H3;2*1H. The van der Waals surface area contributed by atoms with E-state index in [0.29, 0.717) is 32.0 Å². The smallest absolute Gasteiger partial charge is 0.256 e. The Hall–Kier alpha value is -0.890. The summed E-state index contributed by atoms with van der Waals surface area (Å²) in [5.41, 5.74) is 1.15. The average molecular weight is 461 g/mol. The zero-order chi connectivity index (χ0) is 20.0. The third kappa shape index (κ3) is 7.36. The number of carbonyl (C=O) groups excluding carboxylic acids is 1. The molecule has 1 atom stereocenters. The molecular formula is C22H38Cl2N4O2. The molecule has 0 saturated carbocycles. The van der Waals surface area contributed by atoms with Gasteiger partial charge in [-0.05, 0) is 29.9 Å². The van der Waals surface area contributed by atoms with Crippen LogP contribution >= 0.6 is 24.8 Å². The van der Waals surface area contributed by atoms with Gasteiger partial charge in [0, 0.05) is 58.9 Å². The van der Waals surface area contributed by atoms with Gasteiger partial charge in [0.1, 0.15) is 0 Å². The van der Waals surface area contributed by atoms with E-state index in [9.17, 15) is 9.90 Å². The summed E-state index contributed by atoms with van der Waals surface area (Å²) < 4.78 is 0. The van der Waals surface area contributed by atoms with Crippen LogP contribution in [0.5, 0.6) is 0 Å². The van der Waals surface area contributed by atoms with Crippen molar-refractivity contribution in [2.45, 2.75) is 44.8 Å². The summed E-state index contributed by atoms with van der Waals surface area (Å²) in [5, 5.41) is 17.6. The Morgan fingerprint density at radius 1 is 1.13 bits per heavy atom. The number of hydrogen-bond donors (Lipinski definition) is 3. The van der Waals surface area contributed by atoms with E-state index in [1.807, 2.05) is 4.90 Å². The first kappa shape index (κ1) is 27.1. The largest absolute Gasteiger partial charge is 0.379 e. The van der Waals surface area contributed by atoms with Crippen molar-refractivity contribution in [2.75, 3.05) is 52.4 Å². The van der Waals surface area contributed by atoms with Crippen LogP contribution in [-0.2, 0) is 11.3 Å². The van der Waals surface area contributed by atoms with Crippen LogP contribution in [-0.4, -0.2) is 78.8 Å². The fraction of sp³-hybridized carbons (Fsp3) is 0.682. The predicted molar refractivity (Wildman–Crippen MR) is 127 cm³/mol. The number of piperidine rings is 1. The van der Waals surface area contributed by atoms with Gasteiger partial charge in [-0.15, -0.1) is 24.8 Å². The number of likely N-dealkylation sites (tertiary alicyclic amines) is 1. The molecule has 30 heavy (non-hydrogen) atoms. The van der Waals surface area contributed by atoms with Crippen LogP contribution in [0.25, 0.3) is 0 Å². The van der Waals surface area contributed by atoms with Gasteiger partial charge in [-0.3, -0.25) is 9.69 Å². The fourth-order valence-electron chi connectivity index (χ4n) is 4.08. The van der Waals surface area contributed by atoms with Crippen molar-refractivity contribution in [3.8, 4) is 0 Å².